The van der Waals surface area contributed by atoms with E-state index in [4.69, 9.17) is 0 Å². The number of carbonyl (C=O) groups excluding carboxylic acids is 3. The standard InChI is InChI=1S/C21H11Br2N3O6/c22-14-8-11(9-15(23)18(14)27)24-19(28)10-3-1-4-12(7-10)25-20(29)13-5-2-6-16(26(31)32)17(13)21(25)30/h1-9,27H,(H,24,28). The molecule has 9 nitrogen and oxygen atoms in total. The predicted molar refractivity (Wildman–Crippen MR) is 122 cm³/mol. The van der Waals surface area contributed by atoms with E-state index in [1.54, 1.807) is 0 Å². The topological polar surface area (TPSA) is 130 Å². The van der Waals surface area contributed by atoms with Gasteiger partial charge in [0.05, 0.1) is 25.1 Å². The first-order chi connectivity index (χ1) is 15.2. The molecular formula is C21H11Br2N3O6. The highest BCUT2D eigenvalue weighted by Gasteiger charge is 2.41. The highest BCUT2D eigenvalue weighted by Crippen LogP contribution is 2.36. The Labute approximate surface area is 197 Å². The number of carbonyl (C=O) groups is 3. The number of nitrogens with one attached hydrogen (secondary N) is 1. The fourth-order valence-corrected chi connectivity index (χ4v) is 4.47. The Hall–Kier alpha value is -3.57. The minimum absolute atomic E-state index is 0.0234. The van der Waals surface area contributed by atoms with Gasteiger partial charge in [0.25, 0.3) is 23.4 Å². The highest BCUT2D eigenvalue weighted by molar-refractivity contribution is 9.11. The molecule has 0 saturated heterocycles. The van der Waals surface area contributed by atoms with Crippen molar-refractivity contribution in [2.75, 3.05) is 10.2 Å². The van der Waals surface area contributed by atoms with Gasteiger partial charge in [-0.15, -0.1) is 0 Å². The van der Waals surface area contributed by atoms with Crippen LogP contribution < -0.4 is 10.2 Å². The van der Waals surface area contributed by atoms with Gasteiger partial charge < -0.3 is 10.4 Å². The summed E-state index contributed by atoms with van der Waals surface area (Å²) in [4.78, 5) is 49.8. The van der Waals surface area contributed by atoms with Crippen LogP contribution in [0.3, 0.4) is 0 Å². The summed E-state index contributed by atoms with van der Waals surface area (Å²) in [5, 5.41) is 23.8. The minimum Gasteiger partial charge on any atom is -0.506 e. The molecular weight excluding hydrogens is 550 g/mol. The number of anilines is 2. The summed E-state index contributed by atoms with van der Waals surface area (Å²) in [6, 6.07) is 12.6. The van der Waals surface area contributed by atoms with E-state index in [1.807, 2.05) is 0 Å². The molecule has 0 radical (unpaired) electrons. The van der Waals surface area contributed by atoms with E-state index >= 15 is 0 Å². The van der Waals surface area contributed by atoms with Gasteiger partial charge in [-0.05, 0) is 68.3 Å². The van der Waals surface area contributed by atoms with Gasteiger partial charge in [-0.25, -0.2) is 4.90 Å². The summed E-state index contributed by atoms with van der Waals surface area (Å²) in [5.74, 6) is -2.09. The van der Waals surface area contributed by atoms with Crippen LogP contribution in [0.1, 0.15) is 31.1 Å². The fourth-order valence-electron chi connectivity index (χ4n) is 3.28. The summed E-state index contributed by atoms with van der Waals surface area (Å²) in [7, 11) is 0. The molecule has 0 atom stereocenters. The van der Waals surface area contributed by atoms with Gasteiger partial charge in [0.1, 0.15) is 11.3 Å². The van der Waals surface area contributed by atoms with E-state index in [-0.39, 0.29) is 28.1 Å². The van der Waals surface area contributed by atoms with Crippen molar-refractivity contribution in [3.63, 3.8) is 0 Å². The molecule has 0 aromatic heterocycles. The van der Waals surface area contributed by atoms with Crippen molar-refractivity contribution in [1.82, 2.24) is 0 Å². The van der Waals surface area contributed by atoms with Gasteiger partial charge in [0, 0.05) is 17.3 Å². The number of nitro benzene ring substituents is 1. The number of rotatable bonds is 4. The molecule has 11 heteroatoms. The number of benzene rings is 3. The number of nitro groups is 1. The lowest BCUT2D eigenvalue weighted by Gasteiger charge is -2.15. The normalized spacial score (nSPS) is 12.6. The second kappa shape index (κ2) is 8.17. The van der Waals surface area contributed by atoms with Crippen LogP contribution in [0.5, 0.6) is 5.75 Å². The van der Waals surface area contributed by atoms with Crippen molar-refractivity contribution in [1.29, 1.82) is 0 Å². The number of fused-ring (bicyclic) bond motifs is 1. The fraction of sp³-hybridized carbons (Fsp3) is 0. The van der Waals surface area contributed by atoms with Gasteiger partial charge >= 0.3 is 0 Å². The molecule has 1 aliphatic heterocycles. The van der Waals surface area contributed by atoms with Crippen molar-refractivity contribution in [3.05, 3.63) is 90.3 Å². The summed E-state index contributed by atoms with van der Waals surface area (Å²) in [6.07, 6.45) is 0. The van der Waals surface area contributed by atoms with Crippen LogP contribution >= 0.6 is 31.9 Å². The van der Waals surface area contributed by atoms with E-state index in [0.29, 0.717) is 14.6 Å². The largest absolute Gasteiger partial charge is 0.506 e. The van der Waals surface area contributed by atoms with Crippen LogP contribution in [-0.4, -0.2) is 27.8 Å². The van der Waals surface area contributed by atoms with E-state index < -0.39 is 28.3 Å². The Balaban J connectivity index is 1.66. The zero-order valence-electron chi connectivity index (χ0n) is 15.8. The number of phenols is 1. The monoisotopic (exact) mass is 559 g/mol. The predicted octanol–water partition coefficient (Wildman–Crippen LogP) is 4.88. The molecule has 0 unspecified atom stereocenters. The molecule has 32 heavy (non-hydrogen) atoms. The lowest BCUT2D eigenvalue weighted by atomic mass is 10.1. The van der Waals surface area contributed by atoms with E-state index in [2.05, 4.69) is 37.2 Å². The maximum Gasteiger partial charge on any atom is 0.283 e. The van der Waals surface area contributed by atoms with Crippen molar-refractivity contribution in [2.24, 2.45) is 0 Å². The lowest BCUT2D eigenvalue weighted by Crippen LogP contribution is -2.29. The number of aromatic hydroxyl groups is 1. The molecule has 1 heterocycles. The Morgan fingerprint density at radius 2 is 1.66 bits per heavy atom. The second-order valence-corrected chi connectivity index (χ2v) is 8.40. The smallest absolute Gasteiger partial charge is 0.283 e. The molecule has 0 fully saturated rings. The molecule has 0 spiro atoms. The SMILES string of the molecule is O=C(Nc1cc(Br)c(O)c(Br)c1)c1cccc(N2C(=O)c3cccc([N+](=O)[O-])c3C2=O)c1. The molecule has 3 amide bonds. The van der Waals surface area contributed by atoms with Crippen molar-refractivity contribution in [2.45, 2.75) is 0 Å². The van der Waals surface area contributed by atoms with Crippen LogP contribution in [0.2, 0.25) is 0 Å². The number of nitrogens with zero attached hydrogens (tertiary/aromatic N) is 2. The van der Waals surface area contributed by atoms with E-state index in [0.717, 1.165) is 11.0 Å². The Morgan fingerprint density at radius 3 is 2.31 bits per heavy atom. The zero-order valence-corrected chi connectivity index (χ0v) is 19.0. The number of halogens is 2. The van der Waals surface area contributed by atoms with Crippen molar-refractivity contribution >= 4 is 66.6 Å². The molecule has 160 valence electrons. The maximum absolute atomic E-state index is 12.9. The van der Waals surface area contributed by atoms with Gasteiger partial charge in [-0.2, -0.15) is 0 Å². The quantitative estimate of drug-likeness (QED) is 0.202. The van der Waals surface area contributed by atoms with Crippen LogP contribution in [0, 0.1) is 10.1 Å². The average molecular weight is 561 g/mol. The Kier molecular flexibility index (Phi) is 5.53. The first-order valence-corrected chi connectivity index (χ1v) is 10.5. The van der Waals surface area contributed by atoms with E-state index in [1.165, 1.54) is 48.5 Å². The van der Waals surface area contributed by atoms with Gasteiger partial charge in [0.15, 0.2) is 0 Å². The van der Waals surface area contributed by atoms with E-state index in [9.17, 15) is 29.6 Å². The molecule has 3 aromatic carbocycles. The van der Waals surface area contributed by atoms with Gasteiger partial charge in [-0.1, -0.05) is 12.1 Å². The van der Waals surface area contributed by atoms with Crippen LogP contribution in [0.4, 0.5) is 17.1 Å². The summed E-state index contributed by atoms with van der Waals surface area (Å²) < 4.78 is 0.729. The second-order valence-electron chi connectivity index (χ2n) is 6.70. The third-order valence-electron chi connectivity index (χ3n) is 4.73. The Bertz CT molecular complexity index is 1320. The number of phenolic OH excluding ortho intramolecular Hbond substituents is 1. The first kappa shape index (κ1) is 21.7. The number of amides is 3. The average Bonchev–Trinajstić information content (AvgIpc) is 3.02. The molecule has 3 aromatic rings. The third-order valence-corrected chi connectivity index (χ3v) is 5.94. The summed E-state index contributed by atoms with van der Waals surface area (Å²) in [5.41, 5.74) is -0.178. The molecule has 0 aliphatic carbocycles. The molecule has 4 rings (SSSR count). The molecule has 0 bridgehead atoms. The first-order valence-electron chi connectivity index (χ1n) is 8.94. The van der Waals surface area contributed by atoms with Crippen molar-refractivity contribution < 1.29 is 24.4 Å². The molecule has 0 saturated carbocycles. The Morgan fingerprint density at radius 1 is 1.00 bits per heavy atom. The lowest BCUT2D eigenvalue weighted by molar-refractivity contribution is -0.385. The summed E-state index contributed by atoms with van der Waals surface area (Å²) in [6.45, 7) is 0. The zero-order chi connectivity index (χ0) is 23.2. The van der Waals surface area contributed by atoms with Crippen LogP contribution in [0.15, 0.2) is 63.5 Å². The highest BCUT2D eigenvalue weighted by atomic mass is 79.9. The van der Waals surface area contributed by atoms with Crippen molar-refractivity contribution in [3.8, 4) is 5.75 Å². The minimum atomic E-state index is -0.832. The maximum atomic E-state index is 12.9. The number of imide groups is 1. The van der Waals surface area contributed by atoms with Gasteiger partial charge in [-0.3, -0.25) is 24.5 Å². The number of hydrogen-bond acceptors (Lipinski definition) is 6. The van der Waals surface area contributed by atoms with Crippen LogP contribution in [0.25, 0.3) is 0 Å². The molecule has 1 aliphatic rings. The third kappa shape index (κ3) is 3.65. The summed E-state index contributed by atoms with van der Waals surface area (Å²) >= 11 is 6.36. The molecule has 2 N–H and O–H groups in total. The van der Waals surface area contributed by atoms with Crippen LogP contribution in [-0.2, 0) is 0 Å². The van der Waals surface area contributed by atoms with Gasteiger partial charge in [0.2, 0.25) is 0 Å². The number of hydrogen-bond donors (Lipinski definition) is 2.